The Morgan fingerprint density at radius 2 is 0.933 bits per heavy atom. The molecule has 0 aromatic carbocycles. The van der Waals surface area contributed by atoms with Crippen LogP contribution in [0.2, 0.25) is 0 Å². The van der Waals surface area contributed by atoms with Crippen molar-refractivity contribution in [3.8, 4) is 0 Å². The molecule has 15 heavy (non-hydrogen) atoms. The van der Waals surface area contributed by atoms with Gasteiger partial charge in [0, 0.05) is 42.4 Å². The first-order chi connectivity index (χ1) is 6.63. The van der Waals surface area contributed by atoms with Crippen molar-refractivity contribution in [2.45, 2.75) is 51.4 Å². The van der Waals surface area contributed by atoms with Crippen LogP contribution in [0, 0.1) is 0 Å². The number of carboxylic acids is 2. The Balaban J connectivity index is 0. The first-order valence-electron chi connectivity index (χ1n) is 5.06. The summed E-state index contributed by atoms with van der Waals surface area (Å²) in [7, 11) is 0. The molecule has 5 heteroatoms. The summed E-state index contributed by atoms with van der Waals surface area (Å²) in [6.45, 7) is 0. The molecule has 0 aliphatic carbocycles. The van der Waals surface area contributed by atoms with Crippen molar-refractivity contribution < 1.29 is 19.8 Å². The Kier molecular flexibility index (Phi) is 13.9. The Bertz CT molecular complexity index is 162. The molecular weight excluding hydrogens is 207 g/mol. The van der Waals surface area contributed by atoms with E-state index in [1.165, 1.54) is 0 Å². The summed E-state index contributed by atoms with van der Waals surface area (Å²) in [5.41, 5.74) is 0. The maximum atomic E-state index is 10.1. The molecule has 0 aliphatic heterocycles. The molecule has 0 aromatic rings. The monoisotopic (exact) mass is 225 g/mol. The smallest absolute Gasteiger partial charge is 0.303 e. The molecule has 0 aromatic heterocycles. The van der Waals surface area contributed by atoms with Crippen molar-refractivity contribution in [1.29, 1.82) is 0 Å². The second kappa shape index (κ2) is 12.0. The third-order valence-corrected chi connectivity index (χ3v) is 2.03. The predicted octanol–water partition coefficient (Wildman–Crippen LogP) is 1.90. The zero-order valence-electron chi connectivity index (χ0n) is 9.37. The molecule has 0 bridgehead atoms. The Morgan fingerprint density at radius 1 is 0.667 bits per heavy atom. The minimum absolute atomic E-state index is 0. The number of unbranched alkanes of at least 4 members (excludes halogenated alkanes) is 5. The van der Waals surface area contributed by atoms with Gasteiger partial charge in [0.2, 0.25) is 0 Å². The van der Waals surface area contributed by atoms with E-state index in [9.17, 15) is 9.59 Å². The van der Waals surface area contributed by atoms with Crippen LogP contribution in [0.5, 0.6) is 0 Å². The van der Waals surface area contributed by atoms with Crippen molar-refractivity contribution in [2.75, 3.05) is 0 Å². The Morgan fingerprint density at radius 3 is 1.20 bits per heavy atom. The van der Waals surface area contributed by atoms with Gasteiger partial charge in [-0.15, -0.1) is 0 Å². The molecule has 83 valence electrons. The second-order valence-corrected chi connectivity index (χ2v) is 3.41. The standard InChI is InChI=1S/C10H18O4.Na/c11-9(12)7-5-3-1-2-4-6-8-10(13)14;/h1-8H2,(H,11,12)(H,13,14);. The summed E-state index contributed by atoms with van der Waals surface area (Å²) < 4.78 is 0. The third-order valence-electron chi connectivity index (χ3n) is 2.03. The topological polar surface area (TPSA) is 74.6 Å². The summed E-state index contributed by atoms with van der Waals surface area (Å²) in [5, 5.41) is 16.7. The van der Waals surface area contributed by atoms with Crippen LogP contribution in [0.25, 0.3) is 0 Å². The molecule has 0 fully saturated rings. The van der Waals surface area contributed by atoms with Crippen molar-refractivity contribution in [3.63, 3.8) is 0 Å². The number of aliphatic carboxylic acids is 2. The van der Waals surface area contributed by atoms with E-state index in [4.69, 9.17) is 10.2 Å². The minimum atomic E-state index is -0.740. The van der Waals surface area contributed by atoms with Gasteiger partial charge < -0.3 is 10.2 Å². The molecule has 0 aliphatic rings. The average Bonchev–Trinajstić information content (AvgIpc) is 2.08. The van der Waals surface area contributed by atoms with Crippen molar-refractivity contribution >= 4 is 41.5 Å². The van der Waals surface area contributed by atoms with E-state index in [1.54, 1.807) is 0 Å². The number of carbonyl (C=O) groups is 2. The summed E-state index contributed by atoms with van der Waals surface area (Å²) in [6.07, 6.45) is 5.82. The second-order valence-electron chi connectivity index (χ2n) is 3.41. The predicted molar refractivity (Wildman–Crippen MR) is 58.0 cm³/mol. The molecule has 1 radical (unpaired) electrons. The van der Waals surface area contributed by atoms with Crippen LogP contribution < -0.4 is 0 Å². The molecule has 4 nitrogen and oxygen atoms in total. The maximum Gasteiger partial charge on any atom is 0.303 e. The van der Waals surface area contributed by atoms with Crippen LogP contribution in [-0.2, 0) is 9.59 Å². The van der Waals surface area contributed by atoms with Gasteiger partial charge in [-0.1, -0.05) is 25.7 Å². The molecular formula is C10H18NaO4. The van der Waals surface area contributed by atoms with Gasteiger partial charge in [-0.3, -0.25) is 9.59 Å². The fourth-order valence-electron chi connectivity index (χ4n) is 1.26. The quantitative estimate of drug-likeness (QED) is 0.464. The fourth-order valence-corrected chi connectivity index (χ4v) is 1.26. The van der Waals surface area contributed by atoms with Crippen molar-refractivity contribution in [2.24, 2.45) is 0 Å². The van der Waals surface area contributed by atoms with Crippen molar-refractivity contribution in [3.05, 3.63) is 0 Å². The van der Waals surface area contributed by atoms with Gasteiger partial charge in [0.25, 0.3) is 0 Å². The van der Waals surface area contributed by atoms with E-state index in [2.05, 4.69) is 0 Å². The van der Waals surface area contributed by atoms with Crippen LogP contribution >= 0.6 is 0 Å². The van der Waals surface area contributed by atoms with Gasteiger partial charge >= 0.3 is 11.9 Å². The van der Waals surface area contributed by atoms with E-state index in [0.717, 1.165) is 38.5 Å². The fraction of sp³-hybridized carbons (Fsp3) is 0.800. The van der Waals surface area contributed by atoms with Crippen LogP contribution in [0.3, 0.4) is 0 Å². The minimum Gasteiger partial charge on any atom is -0.481 e. The molecule has 0 rings (SSSR count). The van der Waals surface area contributed by atoms with E-state index in [0.29, 0.717) is 0 Å². The van der Waals surface area contributed by atoms with Crippen LogP contribution in [0.15, 0.2) is 0 Å². The Hall–Kier alpha value is -0.0600. The van der Waals surface area contributed by atoms with E-state index >= 15 is 0 Å². The molecule has 0 spiro atoms. The van der Waals surface area contributed by atoms with Crippen LogP contribution in [0.1, 0.15) is 51.4 Å². The average molecular weight is 225 g/mol. The van der Waals surface area contributed by atoms with Gasteiger partial charge in [-0.05, 0) is 12.8 Å². The first kappa shape index (κ1) is 17.3. The summed E-state index contributed by atoms with van der Waals surface area (Å²) in [4.78, 5) is 20.3. The van der Waals surface area contributed by atoms with Gasteiger partial charge in [-0.25, -0.2) is 0 Å². The number of hydrogen-bond acceptors (Lipinski definition) is 2. The number of hydrogen-bond donors (Lipinski definition) is 2. The zero-order chi connectivity index (χ0) is 10.8. The Labute approximate surface area is 112 Å². The van der Waals surface area contributed by atoms with E-state index in [-0.39, 0.29) is 42.4 Å². The van der Waals surface area contributed by atoms with Crippen LogP contribution in [0.4, 0.5) is 0 Å². The normalized spacial score (nSPS) is 9.33. The van der Waals surface area contributed by atoms with Crippen LogP contribution in [-0.4, -0.2) is 51.7 Å². The summed E-state index contributed by atoms with van der Waals surface area (Å²) in [5.74, 6) is -1.48. The van der Waals surface area contributed by atoms with Gasteiger partial charge in [0.05, 0.1) is 0 Å². The molecule has 0 saturated carbocycles. The molecule has 2 N–H and O–H groups in total. The maximum absolute atomic E-state index is 10.1. The van der Waals surface area contributed by atoms with Gasteiger partial charge in [-0.2, -0.15) is 0 Å². The first-order valence-corrected chi connectivity index (χ1v) is 5.06. The van der Waals surface area contributed by atoms with E-state index < -0.39 is 11.9 Å². The molecule has 0 heterocycles. The largest absolute Gasteiger partial charge is 0.481 e. The number of rotatable bonds is 9. The summed E-state index contributed by atoms with van der Waals surface area (Å²) in [6, 6.07) is 0. The third kappa shape index (κ3) is 16.6. The molecule has 0 amide bonds. The van der Waals surface area contributed by atoms with Gasteiger partial charge in [0.15, 0.2) is 0 Å². The summed E-state index contributed by atoms with van der Waals surface area (Å²) >= 11 is 0. The zero-order valence-corrected chi connectivity index (χ0v) is 11.4. The van der Waals surface area contributed by atoms with Crippen molar-refractivity contribution in [1.82, 2.24) is 0 Å². The van der Waals surface area contributed by atoms with E-state index in [1.807, 2.05) is 0 Å². The number of carboxylic acid groups (broad SMARTS) is 2. The molecule has 0 unspecified atom stereocenters. The SMILES string of the molecule is O=C(O)CCCCCCCCC(=O)O.[Na]. The molecule has 0 atom stereocenters. The van der Waals surface area contributed by atoms with Gasteiger partial charge in [0.1, 0.15) is 0 Å². The molecule has 0 saturated heterocycles.